The molecule has 0 radical (unpaired) electrons. The molecule has 0 atom stereocenters. The summed E-state index contributed by atoms with van der Waals surface area (Å²) in [6.07, 6.45) is 0. The smallest absolute Gasteiger partial charge is 0.263 e. The van der Waals surface area contributed by atoms with Crippen LogP contribution in [0.2, 0.25) is 0 Å². The summed E-state index contributed by atoms with van der Waals surface area (Å²) in [7, 11) is -3.69. The molecule has 0 aromatic heterocycles. The Morgan fingerprint density at radius 2 is 1.70 bits per heavy atom. The van der Waals surface area contributed by atoms with E-state index in [4.69, 9.17) is 5.73 Å². The molecule has 0 aliphatic carbocycles. The standard InChI is InChI=1S/C14H15BrN2O2S/c1-9-4-3-5-10(2)14(9)17-20(18,19)13-8-11(16)6-7-12(13)15/h3-8,17H,16H2,1-2H3. The van der Waals surface area contributed by atoms with Gasteiger partial charge in [-0.25, -0.2) is 8.42 Å². The van der Waals surface area contributed by atoms with Crippen LogP contribution in [0, 0.1) is 13.8 Å². The molecule has 4 nitrogen and oxygen atoms in total. The van der Waals surface area contributed by atoms with Crippen LogP contribution in [-0.2, 0) is 10.0 Å². The summed E-state index contributed by atoms with van der Waals surface area (Å²) >= 11 is 3.24. The van der Waals surface area contributed by atoms with Gasteiger partial charge in [-0.05, 0) is 59.1 Å². The number of para-hydroxylation sites is 1. The number of rotatable bonds is 3. The fourth-order valence-electron chi connectivity index (χ4n) is 1.89. The fraction of sp³-hybridized carbons (Fsp3) is 0.143. The highest BCUT2D eigenvalue weighted by molar-refractivity contribution is 9.10. The van der Waals surface area contributed by atoms with Gasteiger partial charge in [-0.2, -0.15) is 0 Å². The van der Waals surface area contributed by atoms with Crippen molar-refractivity contribution in [1.82, 2.24) is 0 Å². The maximum absolute atomic E-state index is 12.5. The summed E-state index contributed by atoms with van der Waals surface area (Å²) < 4.78 is 28.1. The number of hydrogen-bond donors (Lipinski definition) is 2. The third-order valence-electron chi connectivity index (χ3n) is 2.96. The van der Waals surface area contributed by atoms with Crippen molar-refractivity contribution in [3.63, 3.8) is 0 Å². The lowest BCUT2D eigenvalue weighted by Gasteiger charge is -2.14. The molecule has 0 heterocycles. The van der Waals surface area contributed by atoms with Gasteiger partial charge < -0.3 is 5.73 Å². The Kier molecular flexibility index (Phi) is 4.06. The van der Waals surface area contributed by atoms with Crippen molar-refractivity contribution in [1.29, 1.82) is 0 Å². The largest absolute Gasteiger partial charge is 0.399 e. The maximum atomic E-state index is 12.5. The molecule has 3 N–H and O–H groups in total. The van der Waals surface area contributed by atoms with Gasteiger partial charge in [0, 0.05) is 10.2 Å². The predicted octanol–water partition coefficient (Wildman–Crippen LogP) is 3.45. The van der Waals surface area contributed by atoms with Crippen LogP contribution >= 0.6 is 15.9 Å². The van der Waals surface area contributed by atoms with E-state index in [0.717, 1.165) is 11.1 Å². The van der Waals surface area contributed by atoms with Crippen LogP contribution < -0.4 is 10.5 Å². The van der Waals surface area contributed by atoms with Gasteiger partial charge in [-0.15, -0.1) is 0 Å². The quantitative estimate of drug-likeness (QED) is 0.829. The van der Waals surface area contributed by atoms with Gasteiger partial charge in [0.25, 0.3) is 10.0 Å². The summed E-state index contributed by atoms with van der Waals surface area (Å²) in [6.45, 7) is 3.72. The second-order valence-corrected chi connectivity index (χ2v) is 7.07. The molecule has 2 aromatic carbocycles. The van der Waals surface area contributed by atoms with E-state index < -0.39 is 10.0 Å². The lowest BCUT2D eigenvalue weighted by molar-refractivity contribution is 0.600. The van der Waals surface area contributed by atoms with Crippen LogP contribution in [-0.4, -0.2) is 8.42 Å². The van der Waals surface area contributed by atoms with E-state index in [1.165, 1.54) is 6.07 Å². The molecule has 0 aliphatic rings. The van der Waals surface area contributed by atoms with Gasteiger partial charge >= 0.3 is 0 Å². The zero-order valence-electron chi connectivity index (χ0n) is 11.1. The minimum atomic E-state index is -3.69. The van der Waals surface area contributed by atoms with Crippen molar-refractivity contribution in [2.75, 3.05) is 10.5 Å². The first-order valence-corrected chi connectivity index (χ1v) is 8.23. The highest BCUT2D eigenvalue weighted by Crippen LogP contribution is 2.28. The number of anilines is 2. The van der Waals surface area contributed by atoms with E-state index in [-0.39, 0.29) is 4.90 Å². The Morgan fingerprint density at radius 1 is 1.10 bits per heavy atom. The van der Waals surface area contributed by atoms with Crippen LogP contribution in [0.5, 0.6) is 0 Å². The molecule has 106 valence electrons. The molecular weight excluding hydrogens is 340 g/mol. The number of halogens is 1. The van der Waals surface area contributed by atoms with E-state index in [2.05, 4.69) is 20.7 Å². The van der Waals surface area contributed by atoms with Crippen molar-refractivity contribution in [2.24, 2.45) is 0 Å². The van der Waals surface area contributed by atoms with Crippen LogP contribution in [0.25, 0.3) is 0 Å². The number of nitrogen functional groups attached to an aromatic ring is 1. The first-order chi connectivity index (χ1) is 9.31. The summed E-state index contributed by atoms with van der Waals surface area (Å²) in [5, 5.41) is 0. The number of hydrogen-bond acceptors (Lipinski definition) is 3. The molecule has 0 saturated heterocycles. The van der Waals surface area contributed by atoms with Crippen LogP contribution in [0.3, 0.4) is 0 Å². The van der Waals surface area contributed by atoms with E-state index in [1.807, 2.05) is 32.0 Å². The molecule has 0 unspecified atom stereocenters. The molecular formula is C14H15BrN2O2S. The molecule has 6 heteroatoms. The number of benzene rings is 2. The van der Waals surface area contributed by atoms with Crippen molar-refractivity contribution in [3.8, 4) is 0 Å². The van der Waals surface area contributed by atoms with E-state index in [1.54, 1.807) is 12.1 Å². The van der Waals surface area contributed by atoms with Crippen molar-refractivity contribution in [2.45, 2.75) is 18.7 Å². The lowest BCUT2D eigenvalue weighted by atomic mass is 10.1. The number of nitrogens with one attached hydrogen (secondary N) is 1. The molecule has 20 heavy (non-hydrogen) atoms. The first-order valence-electron chi connectivity index (χ1n) is 5.95. The van der Waals surface area contributed by atoms with Crippen molar-refractivity contribution >= 4 is 37.3 Å². The predicted molar refractivity (Wildman–Crippen MR) is 85.3 cm³/mol. The third kappa shape index (κ3) is 2.96. The molecule has 0 saturated carbocycles. The lowest BCUT2D eigenvalue weighted by Crippen LogP contribution is -2.15. The van der Waals surface area contributed by atoms with E-state index in [0.29, 0.717) is 15.8 Å². The minimum Gasteiger partial charge on any atom is -0.399 e. The Hall–Kier alpha value is -1.53. The summed E-state index contributed by atoms with van der Waals surface area (Å²) in [4.78, 5) is 0.125. The molecule has 0 bridgehead atoms. The normalized spacial score (nSPS) is 11.3. The van der Waals surface area contributed by atoms with Gasteiger partial charge in [-0.1, -0.05) is 18.2 Å². The Labute approximate surface area is 127 Å². The summed E-state index contributed by atoms with van der Waals surface area (Å²) in [5.41, 5.74) is 8.40. The summed E-state index contributed by atoms with van der Waals surface area (Å²) in [6, 6.07) is 10.3. The minimum absolute atomic E-state index is 0.125. The van der Waals surface area contributed by atoms with Gasteiger partial charge in [0.1, 0.15) is 4.90 Å². The number of sulfonamides is 1. The van der Waals surface area contributed by atoms with Gasteiger partial charge in [-0.3, -0.25) is 4.72 Å². The average molecular weight is 355 g/mol. The van der Waals surface area contributed by atoms with Crippen LogP contribution in [0.1, 0.15) is 11.1 Å². The molecule has 0 amide bonds. The monoisotopic (exact) mass is 354 g/mol. The Morgan fingerprint density at radius 3 is 2.30 bits per heavy atom. The molecule has 0 aliphatic heterocycles. The van der Waals surface area contributed by atoms with E-state index >= 15 is 0 Å². The Balaban J connectivity index is 2.49. The van der Waals surface area contributed by atoms with Gasteiger partial charge in [0.05, 0.1) is 5.69 Å². The molecule has 2 aromatic rings. The Bertz CT molecular complexity index is 738. The topological polar surface area (TPSA) is 72.2 Å². The molecule has 2 rings (SSSR count). The van der Waals surface area contributed by atoms with Gasteiger partial charge in [0.15, 0.2) is 0 Å². The van der Waals surface area contributed by atoms with Crippen LogP contribution in [0.4, 0.5) is 11.4 Å². The first kappa shape index (κ1) is 14.9. The number of aryl methyl sites for hydroxylation is 2. The fourth-order valence-corrected chi connectivity index (χ4v) is 4.09. The highest BCUT2D eigenvalue weighted by Gasteiger charge is 2.19. The average Bonchev–Trinajstić information content (AvgIpc) is 2.37. The zero-order chi connectivity index (χ0) is 14.9. The third-order valence-corrected chi connectivity index (χ3v) is 5.31. The van der Waals surface area contributed by atoms with Gasteiger partial charge in [0.2, 0.25) is 0 Å². The number of nitrogens with two attached hydrogens (primary N) is 1. The highest BCUT2D eigenvalue weighted by atomic mass is 79.9. The van der Waals surface area contributed by atoms with Crippen molar-refractivity contribution in [3.05, 3.63) is 52.0 Å². The van der Waals surface area contributed by atoms with Crippen LogP contribution in [0.15, 0.2) is 45.8 Å². The summed E-state index contributed by atoms with van der Waals surface area (Å²) in [5.74, 6) is 0. The molecule has 0 fully saturated rings. The zero-order valence-corrected chi connectivity index (χ0v) is 13.5. The van der Waals surface area contributed by atoms with E-state index in [9.17, 15) is 8.42 Å². The maximum Gasteiger partial charge on any atom is 0.263 e. The van der Waals surface area contributed by atoms with Crippen molar-refractivity contribution < 1.29 is 8.42 Å². The second kappa shape index (κ2) is 5.46. The molecule has 0 spiro atoms. The SMILES string of the molecule is Cc1cccc(C)c1NS(=O)(=O)c1cc(N)ccc1Br. The second-order valence-electron chi connectivity index (χ2n) is 4.56.